The Morgan fingerprint density at radius 3 is 2.68 bits per heavy atom. The van der Waals surface area contributed by atoms with Crippen LogP contribution < -0.4 is 0 Å². The molecule has 2 nitrogen and oxygen atoms in total. The number of hydrogen-bond donors (Lipinski definition) is 0. The van der Waals surface area contributed by atoms with E-state index in [0.717, 1.165) is 32.1 Å². The summed E-state index contributed by atoms with van der Waals surface area (Å²) in [5, 5.41) is 0. The van der Waals surface area contributed by atoms with E-state index in [1.165, 1.54) is 5.57 Å². The zero-order valence-electron chi connectivity index (χ0n) is 14.6. The molecule has 4 heteroatoms. The molecule has 25 heavy (non-hydrogen) atoms. The fraction of sp³-hybridized carbons (Fsp3) is 0.714. The van der Waals surface area contributed by atoms with Crippen molar-refractivity contribution in [3.63, 3.8) is 0 Å². The highest BCUT2D eigenvalue weighted by Crippen LogP contribution is 2.67. The fourth-order valence-corrected chi connectivity index (χ4v) is 8.52. The van der Waals surface area contributed by atoms with Crippen molar-refractivity contribution in [3.8, 4) is 12.3 Å². The Morgan fingerprint density at radius 1 is 1.20 bits per heavy atom. The van der Waals surface area contributed by atoms with Crippen LogP contribution in [0.4, 0.5) is 0 Å². The van der Waals surface area contributed by atoms with Crippen molar-refractivity contribution in [3.05, 3.63) is 11.6 Å². The summed E-state index contributed by atoms with van der Waals surface area (Å²) in [5.41, 5.74) is 0.972. The van der Waals surface area contributed by atoms with Gasteiger partial charge in [-0.1, -0.05) is 38.8 Å². The molecule has 0 N–H and O–H groups in total. The lowest BCUT2D eigenvalue weighted by molar-refractivity contribution is -0.132. The molecule has 4 rings (SSSR count). The van der Waals surface area contributed by atoms with Crippen molar-refractivity contribution in [2.24, 2.45) is 28.6 Å². The molecule has 0 unspecified atom stereocenters. The van der Waals surface area contributed by atoms with Gasteiger partial charge in [0, 0.05) is 39.7 Å². The van der Waals surface area contributed by atoms with Crippen LogP contribution in [-0.2, 0) is 9.59 Å². The number of ketones is 2. The second-order valence-electron chi connectivity index (χ2n) is 8.66. The van der Waals surface area contributed by atoms with Gasteiger partial charge in [0.15, 0.2) is 5.78 Å². The molecule has 0 aromatic heterocycles. The van der Waals surface area contributed by atoms with Gasteiger partial charge in [-0.15, -0.1) is 12.3 Å². The average molecular weight is 468 g/mol. The summed E-state index contributed by atoms with van der Waals surface area (Å²) in [4.78, 5) is 25.1. The minimum Gasteiger partial charge on any atom is -0.299 e. The van der Waals surface area contributed by atoms with E-state index in [1.807, 2.05) is 6.08 Å². The van der Waals surface area contributed by atoms with Crippen LogP contribution in [0.5, 0.6) is 0 Å². The van der Waals surface area contributed by atoms with E-state index in [9.17, 15) is 9.59 Å². The smallest absolute Gasteiger partial charge is 0.155 e. The summed E-state index contributed by atoms with van der Waals surface area (Å²) in [5.74, 6) is 4.94. The molecule has 7 atom stereocenters. The maximum absolute atomic E-state index is 12.6. The highest BCUT2D eigenvalue weighted by Gasteiger charge is 2.63. The summed E-state index contributed by atoms with van der Waals surface area (Å²) >= 11 is 7.87. The zero-order valence-corrected chi connectivity index (χ0v) is 17.7. The first-order valence-electron chi connectivity index (χ1n) is 9.35. The van der Waals surface area contributed by atoms with E-state index in [2.05, 4.69) is 44.7 Å². The topological polar surface area (TPSA) is 34.1 Å². The van der Waals surface area contributed by atoms with Gasteiger partial charge in [-0.2, -0.15) is 0 Å². The number of alkyl halides is 2. The van der Waals surface area contributed by atoms with Gasteiger partial charge in [-0.25, -0.2) is 0 Å². The molecule has 0 saturated heterocycles. The number of terminal acetylenes is 1. The van der Waals surface area contributed by atoms with Gasteiger partial charge in [0.1, 0.15) is 5.78 Å². The van der Waals surface area contributed by atoms with Crippen LogP contribution in [-0.4, -0.2) is 21.2 Å². The first-order chi connectivity index (χ1) is 11.8. The normalized spacial score (nSPS) is 48.9. The van der Waals surface area contributed by atoms with Crippen molar-refractivity contribution in [1.29, 1.82) is 0 Å². The molecule has 0 aromatic rings. The number of hydrogen-bond acceptors (Lipinski definition) is 2. The molecule has 3 fully saturated rings. The van der Waals surface area contributed by atoms with E-state index in [1.54, 1.807) is 0 Å². The molecule has 0 spiro atoms. The summed E-state index contributed by atoms with van der Waals surface area (Å²) in [6, 6.07) is 0. The molecule has 4 aliphatic rings. The largest absolute Gasteiger partial charge is 0.299 e. The van der Waals surface area contributed by atoms with Crippen LogP contribution in [0.3, 0.4) is 0 Å². The average Bonchev–Trinajstić information content (AvgIpc) is 2.89. The summed E-state index contributed by atoms with van der Waals surface area (Å²) in [7, 11) is 0. The monoisotopic (exact) mass is 466 g/mol. The Morgan fingerprint density at radius 2 is 1.96 bits per heavy atom. The van der Waals surface area contributed by atoms with Crippen molar-refractivity contribution in [2.45, 2.75) is 61.5 Å². The standard InChI is InChI=1S/C21H24Br2O2/c1-3-8-21-10-6-12(24)11-15(21)18(22)19(23)17-13-4-5-16(25)20(13,2)9-7-14(17)21/h1,11,13-14,17-19H,4-10H2,2H3/t13-,14-,17-,18-,19-,20-,21+/m0/s1. The molecule has 0 bridgehead atoms. The van der Waals surface area contributed by atoms with E-state index in [4.69, 9.17) is 6.42 Å². The predicted molar refractivity (Wildman–Crippen MR) is 106 cm³/mol. The van der Waals surface area contributed by atoms with Gasteiger partial charge < -0.3 is 0 Å². The third-order valence-electron chi connectivity index (χ3n) is 7.82. The quantitative estimate of drug-likeness (QED) is 0.408. The maximum atomic E-state index is 12.6. The minimum absolute atomic E-state index is 0.0707. The Bertz CT molecular complexity index is 705. The minimum atomic E-state index is -0.164. The number of allylic oxidation sites excluding steroid dienone is 1. The van der Waals surface area contributed by atoms with Crippen LogP contribution in [0.1, 0.15) is 51.9 Å². The highest BCUT2D eigenvalue weighted by atomic mass is 79.9. The molecule has 4 aliphatic carbocycles. The van der Waals surface area contributed by atoms with Gasteiger partial charge in [0.25, 0.3) is 0 Å². The van der Waals surface area contributed by atoms with E-state index in [0.29, 0.717) is 36.4 Å². The number of carbonyl (C=O) groups excluding carboxylic acids is 2. The van der Waals surface area contributed by atoms with Crippen LogP contribution in [0.2, 0.25) is 0 Å². The van der Waals surface area contributed by atoms with Crippen molar-refractivity contribution in [1.82, 2.24) is 0 Å². The number of carbonyl (C=O) groups is 2. The van der Waals surface area contributed by atoms with Gasteiger partial charge in [-0.05, 0) is 55.1 Å². The molecule has 3 saturated carbocycles. The molecule has 0 amide bonds. The van der Waals surface area contributed by atoms with E-state index < -0.39 is 0 Å². The lowest BCUT2D eigenvalue weighted by Gasteiger charge is -2.60. The molecule has 134 valence electrons. The Labute approximate surface area is 166 Å². The van der Waals surface area contributed by atoms with Gasteiger partial charge in [0.2, 0.25) is 0 Å². The van der Waals surface area contributed by atoms with E-state index in [-0.39, 0.29) is 26.3 Å². The highest BCUT2D eigenvalue weighted by molar-refractivity contribution is 9.12. The lowest BCUT2D eigenvalue weighted by atomic mass is 9.46. The van der Waals surface area contributed by atoms with Crippen molar-refractivity contribution < 1.29 is 9.59 Å². The van der Waals surface area contributed by atoms with Crippen LogP contribution in [0.15, 0.2) is 11.6 Å². The van der Waals surface area contributed by atoms with Gasteiger partial charge >= 0.3 is 0 Å². The number of fused-ring (bicyclic) bond motifs is 5. The summed E-state index contributed by atoms with van der Waals surface area (Å²) in [6.45, 7) is 2.19. The molecular formula is C21H24Br2O2. The SMILES string of the molecule is C#CC[C@]12CCC(=O)C=C1[C@H](Br)[C@@H](Br)[C@@H]1[C@@H]2CC[C@]2(C)C(=O)CC[C@@H]12. The number of halogens is 2. The summed E-state index contributed by atoms with van der Waals surface area (Å²) in [6.07, 6.45) is 13.6. The van der Waals surface area contributed by atoms with Crippen molar-refractivity contribution in [2.75, 3.05) is 0 Å². The fourth-order valence-electron chi connectivity index (χ4n) is 6.56. The van der Waals surface area contributed by atoms with Crippen LogP contribution in [0, 0.1) is 40.9 Å². The molecule has 0 aromatic carbocycles. The Balaban J connectivity index is 1.83. The van der Waals surface area contributed by atoms with Crippen LogP contribution >= 0.6 is 31.9 Å². The third-order valence-corrected chi connectivity index (χ3v) is 10.7. The molecule has 0 heterocycles. The molecule has 0 radical (unpaired) electrons. The lowest BCUT2D eigenvalue weighted by Crippen LogP contribution is -2.58. The van der Waals surface area contributed by atoms with Gasteiger partial charge in [0.05, 0.1) is 0 Å². The summed E-state index contributed by atoms with van der Waals surface area (Å²) < 4.78 is 0. The second kappa shape index (κ2) is 6.06. The number of Topliss-reactive ketones (excluding diaryl/α,β-unsaturated/α-hetero) is 1. The predicted octanol–water partition coefficient (Wildman–Crippen LogP) is 4.84. The first-order valence-corrected chi connectivity index (χ1v) is 11.2. The molecular weight excluding hydrogens is 444 g/mol. The molecule has 0 aliphatic heterocycles. The third kappa shape index (κ3) is 2.34. The first kappa shape index (κ1) is 18.0. The Kier molecular flexibility index (Phi) is 4.36. The van der Waals surface area contributed by atoms with Crippen molar-refractivity contribution >= 4 is 43.4 Å². The number of rotatable bonds is 1. The zero-order chi connectivity index (χ0) is 18.0. The Hall–Kier alpha value is -0.400. The second-order valence-corrected chi connectivity index (χ2v) is 10.7. The van der Waals surface area contributed by atoms with Gasteiger partial charge in [-0.3, -0.25) is 9.59 Å². The van der Waals surface area contributed by atoms with E-state index >= 15 is 0 Å². The van der Waals surface area contributed by atoms with Crippen LogP contribution in [0.25, 0.3) is 0 Å². The maximum Gasteiger partial charge on any atom is 0.155 e.